The first-order valence-electron chi connectivity index (χ1n) is 11.1. The molecule has 0 N–H and O–H groups in total. The van der Waals surface area contributed by atoms with E-state index in [4.69, 9.17) is 12.2 Å². The first kappa shape index (κ1) is 22.3. The van der Waals surface area contributed by atoms with Crippen LogP contribution in [0.4, 0.5) is 5.69 Å². The van der Waals surface area contributed by atoms with Crippen LogP contribution in [0, 0.1) is 10.9 Å². The van der Waals surface area contributed by atoms with Gasteiger partial charge in [-0.15, -0.1) is 11.3 Å². The lowest BCUT2D eigenvalue weighted by molar-refractivity contribution is -0.119. The molecule has 0 unspecified atom stereocenters. The molecular formula is C27H23N3O2S2. The molecule has 34 heavy (non-hydrogen) atoms. The third-order valence-electron chi connectivity index (χ3n) is 5.92. The third kappa shape index (κ3) is 3.77. The molecule has 0 spiro atoms. The standard InChI is InChI=1S/C27H23N3O2S2/c1-3-28(20-12-5-4-6-13-20)23(31)17-29-25-24(19-11-9-10-18(2)16-19)34-27(33)30(25)22-15-8-7-14-21(22)26(29)32/h4-16H,3,17H2,1-2H3. The average molecular weight is 486 g/mol. The number of amides is 1. The zero-order chi connectivity index (χ0) is 23.8. The average Bonchev–Trinajstić information content (AvgIpc) is 3.20. The summed E-state index contributed by atoms with van der Waals surface area (Å²) in [5.41, 5.74) is 4.10. The number of hydrogen-bond acceptors (Lipinski definition) is 4. The molecule has 1 amide bonds. The number of thiazole rings is 1. The highest BCUT2D eigenvalue weighted by Crippen LogP contribution is 2.33. The first-order chi connectivity index (χ1) is 16.5. The Morgan fingerprint density at radius 1 is 1.00 bits per heavy atom. The van der Waals surface area contributed by atoms with E-state index in [0.717, 1.165) is 27.2 Å². The topological polar surface area (TPSA) is 46.7 Å². The maximum Gasteiger partial charge on any atom is 0.262 e. The molecule has 5 nitrogen and oxygen atoms in total. The lowest BCUT2D eigenvalue weighted by Gasteiger charge is -2.22. The second-order valence-corrected chi connectivity index (χ2v) is 9.75. The highest BCUT2D eigenvalue weighted by atomic mass is 32.1. The van der Waals surface area contributed by atoms with E-state index in [1.54, 1.807) is 15.5 Å². The van der Waals surface area contributed by atoms with E-state index in [1.807, 2.05) is 85.0 Å². The van der Waals surface area contributed by atoms with Crippen LogP contribution in [0.1, 0.15) is 12.5 Å². The Balaban J connectivity index is 1.78. The number of nitrogens with zero attached hydrogens (tertiary/aromatic N) is 3. The number of aromatic nitrogens is 2. The number of hydrogen-bond donors (Lipinski definition) is 0. The molecule has 0 radical (unpaired) electrons. The molecule has 0 aliphatic rings. The summed E-state index contributed by atoms with van der Waals surface area (Å²) in [5.74, 6) is -0.153. The van der Waals surface area contributed by atoms with Crippen molar-refractivity contribution in [1.29, 1.82) is 0 Å². The highest BCUT2D eigenvalue weighted by Gasteiger charge is 2.22. The molecule has 0 aliphatic carbocycles. The molecular weight excluding hydrogens is 462 g/mol. The molecule has 0 aliphatic heterocycles. The highest BCUT2D eigenvalue weighted by molar-refractivity contribution is 7.73. The van der Waals surface area contributed by atoms with Gasteiger partial charge in [-0.25, -0.2) is 0 Å². The second kappa shape index (κ2) is 9.00. The van der Waals surface area contributed by atoms with E-state index >= 15 is 0 Å². The summed E-state index contributed by atoms with van der Waals surface area (Å²) < 4.78 is 4.15. The Bertz CT molecular complexity index is 1650. The molecule has 5 aromatic rings. The van der Waals surface area contributed by atoms with Crippen LogP contribution in [0.25, 0.3) is 27.0 Å². The van der Waals surface area contributed by atoms with Crippen molar-refractivity contribution in [3.05, 3.63) is 98.7 Å². The molecule has 0 bridgehead atoms. The Kier molecular flexibility index (Phi) is 5.89. The number of carbonyl (C=O) groups excluding carboxylic acids is 1. The van der Waals surface area contributed by atoms with Crippen molar-refractivity contribution in [2.75, 3.05) is 11.4 Å². The van der Waals surface area contributed by atoms with Crippen LogP contribution in [0.3, 0.4) is 0 Å². The maximum atomic E-state index is 13.7. The van der Waals surface area contributed by atoms with E-state index in [9.17, 15) is 9.59 Å². The van der Waals surface area contributed by atoms with Crippen LogP contribution in [-0.4, -0.2) is 21.4 Å². The van der Waals surface area contributed by atoms with Gasteiger partial charge < -0.3 is 4.90 Å². The Labute approximate surface area is 206 Å². The molecule has 0 saturated heterocycles. The molecule has 0 saturated carbocycles. The normalized spacial score (nSPS) is 11.2. The fourth-order valence-electron chi connectivity index (χ4n) is 4.37. The van der Waals surface area contributed by atoms with Gasteiger partial charge in [0.15, 0.2) is 3.95 Å². The predicted molar refractivity (Wildman–Crippen MR) is 143 cm³/mol. The van der Waals surface area contributed by atoms with Crippen LogP contribution in [0.15, 0.2) is 83.7 Å². The SMILES string of the molecule is CCN(C(=O)Cn1c(=O)c2ccccc2n2c(=S)sc(-c3cccc(C)c3)c12)c1ccccc1. The lowest BCUT2D eigenvalue weighted by atomic mass is 10.1. The fourth-order valence-corrected chi connectivity index (χ4v) is 5.79. The number of fused-ring (bicyclic) bond motifs is 3. The fraction of sp³-hybridized carbons (Fsp3) is 0.148. The molecule has 7 heteroatoms. The minimum absolute atomic E-state index is 0.0831. The van der Waals surface area contributed by atoms with Gasteiger partial charge in [-0.05, 0) is 55.9 Å². The quantitative estimate of drug-likeness (QED) is 0.284. The van der Waals surface area contributed by atoms with Gasteiger partial charge in [0.05, 0.1) is 15.8 Å². The smallest absolute Gasteiger partial charge is 0.262 e. The van der Waals surface area contributed by atoms with Gasteiger partial charge in [-0.2, -0.15) is 0 Å². The summed E-state index contributed by atoms with van der Waals surface area (Å²) in [4.78, 5) is 29.8. The maximum absolute atomic E-state index is 13.7. The van der Waals surface area contributed by atoms with Gasteiger partial charge in [-0.3, -0.25) is 18.6 Å². The molecule has 2 aromatic heterocycles. The second-order valence-electron chi connectivity index (χ2n) is 8.11. The summed E-state index contributed by atoms with van der Waals surface area (Å²) in [6, 6.07) is 25.1. The van der Waals surface area contributed by atoms with Crippen LogP contribution in [-0.2, 0) is 11.3 Å². The molecule has 0 atom stereocenters. The van der Waals surface area contributed by atoms with Crippen molar-refractivity contribution in [2.45, 2.75) is 20.4 Å². The summed E-state index contributed by atoms with van der Waals surface area (Å²) >= 11 is 7.23. The van der Waals surface area contributed by atoms with Crippen molar-refractivity contribution in [3.63, 3.8) is 0 Å². The van der Waals surface area contributed by atoms with Crippen LogP contribution in [0.2, 0.25) is 0 Å². The predicted octanol–water partition coefficient (Wildman–Crippen LogP) is 6.07. The number of para-hydroxylation sites is 2. The minimum atomic E-state index is -0.199. The number of benzene rings is 3. The number of carbonyl (C=O) groups is 1. The molecule has 170 valence electrons. The summed E-state index contributed by atoms with van der Waals surface area (Å²) in [6.07, 6.45) is 0. The zero-order valence-corrected chi connectivity index (χ0v) is 20.5. The van der Waals surface area contributed by atoms with Crippen molar-refractivity contribution in [3.8, 4) is 10.4 Å². The summed E-state index contributed by atoms with van der Waals surface area (Å²) in [6.45, 7) is 4.39. The third-order valence-corrected chi connectivity index (χ3v) is 7.33. The minimum Gasteiger partial charge on any atom is -0.311 e. The van der Waals surface area contributed by atoms with Crippen LogP contribution in [0.5, 0.6) is 0 Å². The number of rotatable bonds is 5. The van der Waals surface area contributed by atoms with E-state index in [2.05, 4.69) is 6.07 Å². The van der Waals surface area contributed by atoms with E-state index in [1.165, 1.54) is 11.3 Å². The largest absolute Gasteiger partial charge is 0.311 e. The molecule has 5 rings (SSSR count). The van der Waals surface area contributed by atoms with E-state index in [0.29, 0.717) is 21.5 Å². The summed E-state index contributed by atoms with van der Waals surface area (Å²) in [5, 5.41) is 0.537. The monoisotopic (exact) mass is 485 g/mol. The molecule has 3 aromatic carbocycles. The Morgan fingerprint density at radius 3 is 2.47 bits per heavy atom. The Hall–Kier alpha value is -3.55. The van der Waals surface area contributed by atoms with Crippen molar-refractivity contribution in [1.82, 2.24) is 8.97 Å². The van der Waals surface area contributed by atoms with Gasteiger partial charge >= 0.3 is 0 Å². The van der Waals surface area contributed by atoms with Gasteiger partial charge in [0.25, 0.3) is 5.56 Å². The number of likely N-dealkylation sites (N-methyl/N-ethyl adjacent to an activating group) is 1. The zero-order valence-electron chi connectivity index (χ0n) is 18.9. The van der Waals surface area contributed by atoms with Crippen LogP contribution >= 0.6 is 23.6 Å². The van der Waals surface area contributed by atoms with Gasteiger partial charge in [0.1, 0.15) is 12.2 Å². The first-order valence-corrected chi connectivity index (χ1v) is 12.3. The van der Waals surface area contributed by atoms with Crippen molar-refractivity contribution < 1.29 is 4.79 Å². The molecule has 0 fully saturated rings. The Morgan fingerprint density at radius 2 is 1.74 bits per heavy atom. The summed E-state index contributed by atoms with van der Waals surface area (Å²) in [7, 11) is 0. The van der Waals surface area contributed by atoms with Gasteiger partial charge in [0, 0.05) is 12.2 Å². The van der Waals surface area contributed by atoms with E-state index in [-0.39, 0.29) is 18.0 Å². The van der Waals surface area contributed by atoms with Gasteiger partial charge in [-0.1, -0.05) is 60.2 Å². The lowest BCUT2D eigenvalue weighted by Crippen LogP contribution is -2.37. The number of anilines is 1. The molecule has 2 heterocycles. The van der Waals surface area contributed by atoms with Gasteiger partial charge in [0.2, 0.25) is 5.91 Å². The van der Waals surface area contributed by atoms with E-state index < -0.39 is 0 Å². The number of aryl methyl sites for hydroxylation is 1. The van der Waals surface area contributed by atoms with Crippen molar-refractivity contribution >= 4 is 51.7 Å². The van der Waals surface area contributed by atoms with Crippen molar-refractivity contribution in [2.24, 2.45) is 0 Å². The van der Waals surface area contributed by atoms with Crippen LogP contribution < -0.4 is 10.5 Å².